The number of rotatable bonds is 3. The van der Waals surface area contributed by atoms with E-state index in [1.807, 2.05) is 0 Å². The smallest absolute Gasteiger partial charge is 0.337 e. The first kappa shape index (κ1) is 11.4. The van der Waals surface area contributed by atoms with Gasteiger partial charge in [0.15, 0.2) is 6.10 Å². The predicted octanol–water partition coefficient (Wildman–Crippen LogP) is 0.997. The maximum Gasteiger partial charge on any atom is 0.337 e. The van der Waals surface area contributed by atoms with Gasteiger partial charge in [0.05, 0.1) is 0 Å². The molecule has 0 bridgehead atoms. The van der Waals surface area contributed by atoms with Gasteiger partial charge in [0, 0.05) is 0 Å². The molecule has 0 spiro atoms. The van der Waals surface area contributed by atoms with E-state index in [9.17, 15) is 4.79 Å². The molecule has 72 valence electrons. The zero-order valence-corrected chi connectivity index (χ0v) is 8.09. The van der Waals surface area contributed by atoms with Crippen LogP contribution in [0.1, 0.15) is 34.1 Å². The van der Waals surface area contributed by atoms with E-state index in [0.717, 1.165) is 0 Å². The Labute approximate surface area is 73.0 Å². The molecule has 0 radical (unpaired) electrons. The molecule has 0 aromatic carbocycles. The van der Waals surface area contributed by atoms with Gasteiger partial charge in [-0.15, -0.1) is 0 Å². The van der Waals surface area contributed by atoms with Crippen molar-refractivity contribution in [2.24, 2.45) is 5.90 Å². The highest BCUT2D eigenvalue weighted by Gasteiger charge is 2.23. The summed E-state index contributed by atoms with van der Waals surface area (Å²) in [5.41, 5.74) is -0.483. The maximum atomic E-state index is 11.2. The Balaban J connectivity index is 4.02. The minimum Gasteiger partial charge on any atom is -0.458 e. The summed E-state index contributed by atoms with van der Waals surface area (Å²) in [5.74, 6) is 4.49. The number of carbonyl (C=O) groups excluding carboxylic acids is 1. The van der Waals surface area contributed by atoms with E-state index in [-0.39, 0.29) is 0 Å². The van der Waals surface area contributed by atoms with E-state index in [1.165, 1.54) is 0 Å². The fourth-order valence-corrected chi connectivity index (χ4v) is 0.686. The number of ether oxygens (including phenoxy) is 1. The first-order valence-corrected chi connectivity index (χ1v) is 3.99. The lowest BCUT2D eigenvalue weighted by Gasteiger charge is -2.22. The van der Waals surface area contributed by atoms with E-state index in [4.69, 9.17) is 10.6 Å². The van der Waals surface area contributed by atoms with Gasteiger partial charge in [-0.1, -0.05) is 6.92 Å². The highest BCUT2D eigenvalue weighted by Crippen LogP contribution is 2.10. The molecule has 0 aromatic rings. The Bertz CT molecular complexity index is 147. The molecule has 4 heteroatoms. The molecular formula is C8H17NO3. The van der Waals surface area contributed by atoms with Gasteiger partial charge in [-0.25, -0.2) is 10.7 Å². The van der Waals surface area contributed by atoms with Crippen molar-refractivity contribution in [2.45, 2.75) is 45.8 Å². The molecule has 0 heterocycles. The second-order valence-corrected chi connectivity index (χ2v) is 3.57. The van der Waals surface area contributed by atoms with Crippen LogP contribution < -0.4 is 5.90 Å². The molecule has 0 aromatic heterocycles. The Kier molecular flexibility index (Phi) is 4.20. The molecule has 0 unspecified atom stereocenters. The van der Waals surface area contributed by atoms with Crippen molar-refractivity contribution in [3.8, 4) is 0 Å². The van der Waals surface area contributed by atoms with Crippen molar-refractivity contribution in [1.29, 1.82) is 0 Å². The van der Waals surface area contributed by atoms with Gasteiger partial charge in [0.1, 0.15) is 5.60 Å². The first-order chi connectivity index (χ1) is 5.40. The van der Waals surface area contributed by atoms with Gasteiger partial charge in [-0.3, -0.25) is 4.84 Å². The lowest BCUT2D eigenvalue weighted by molar-refractivity contribution is -0.169. The molecule has 0 rings (SSSR count). The van der Waals surface area contributed by atoms with Crippen LogP contribution in [0.4, 0.5) is 0 Å². The number of hydrogen-bond acceptors (Lipinski definition) is 4. The normalized spacial score (nSPS) is 14.1. The van der Waals surface area contributed by atoms with Gasteiger partial charge in [0.25, 0.3) is 0 Å². The zero-order valence-electron chi connectivity index (χ0n) is 8.09. The first-order valence-electron chi connectivity index (χ1n) is 3.99. The van der Waals surface area contributed by atoms with Crippen LogP contribution in [0.3, 0.4) is 0 Å². The van der Waals surface area contributed by atoms with Crippen LogP contribution in [0, 0.1) is 0 Å². The van der Waals surface area contributed by atoms with E-state index in [0.29, 0.717) is 6.42 Å². The third-order valence-electron chi connectivity index (χ3n) is 1.20. The summed E-state index contributed by atoms with van der Waals surface area (Å²) >= 11 is 0. The number of carbonyl (C=O) groups is 1. The van der Waals surface area contributed by atoms with E-state index in [2.05, 4.69) is 4.84 Å². The lowest BCUT2D eigenvalue weighted by Crippen LogP contribution is -2.34. The third kappa shape index (κ3) is 4.31. The van der Waals surface area contributed by atoms with Crippen molar-refractivity contribution in [3.63, 3.8) is 0 Å². The van der Waals surface area contributed by atoms with E-state index in [1.54, 1.807) is 27.7 Å². The molecule has 1 atom stereocenters. The zero-order chi connectivity index (χ0) is 9.78. The molecule has 0 fully saturated rings. The fraction of sp³-hybridized carbons (Fsp3) is 0.875. The van der Waals surface area contributed by atoms with Crippen LogP contribution in [-0.2, 0) is 14.4 Å². The fourth-order valence-electron chi connectivity index (χ4n) is 0.686. The average Bonchev–Trinajstić information content (AvgIpc) is 1.85. The molecule has 0 amide bonds. The molecule has 2 N–H and O–H groups in total. The lowest BCUT2D eigenvalue weighted by atomic mass is 10.2. The van der Waals surface area contributed by atoms with Crippen molar-refractivity contribution < 1.29 is 14.4 Å². The molecule has 4 nitrogen and oxygen atoms in total. The van der Waals surface area contributed by atoms with E-state index < -0.39 is 17.7 Å². The van der Waals surface area contributed by atoms with Gasteiger partial charge in [0.2, 0.25) is 0 Å². The van der Waals surface area contributed by atoms with Crippen LogP contribution in [-0.4, -0.2) is 17.7 Å². The minimum atomic E-state index is -0.649. The van der Waals surface area contributed by atoms with Gasteiger partial charge < -0.3 is 4.74 Å². The highest BCUT2D eigenvalue weighted by atomic mass is 16.7. The SMILES string of the molecule is CC[C@@H](ON)C(=O)OC(C)(C)C. The van der Waals surface area contributed by atoms with Crippen LogP contribution in [0.5, 0.6) is 0 Å². The van der Waals surface area contributed by atoms with E-state index >= 15 is 0 Å². The summed E-state index contributed by atoms with van der Waals surface area (Å²) < 4.78 is 5.04. The second kappa shape index (κ2) is 4.42. The molecule has 12 heavy (non-hydrogen) atoms. The molecule has 0 aliphatic rings. The summed E-state index contributed by atoms with van der Waals surface area (Å²) in [7, 11) is 0. The van der Waals surface area contributed by atoms with Crippen LogP contribution in [0.25, 0.3) is 0 Å². The van der Waals surface area contributed by atoms with Crippen LogP contribution in [0.2, 0.25) is 0 Å². The molecule has 0 aliphatic heterocycles. The Morgan fingerprint density at radius 3 is 2.25 bits per heavy atom. The maximum absolute atomic E-state index is 11.2. The van der Waals surface area contributed by atoms with Crippen LogP contribution >= 0.6 is 0 Å². The monoisotopic (exact) mass is 175 g/mol. The Morgan fingerprint density at radius 1 is 1.50 bits per heavy atom. The van der Waals surface area contributed by atoms with Gasteiger partial charge in [-0.2, -0.15) is 0 Å². The standard InChI is InChI=1S/C8H17NO3/c1-5-6(12-9)7(10)11-8(2,3)4/h6H,5,9H2,1-4H3/t6-/m1/s1. The number of esters is 1. The minimum absolute atomic E-state index is 0.410. The second-order valence-electron chi connectivity index (χ2n) is 3.57. The summed E-state index contributed by atoms with van der Waals surface area (Å²) in [4.78, 5) is 15.6. The molecule has 0 aliphatic carbocycles. The van der Waals surface area contributed by atoms with Gasteiger partial charge >= 0.3 is 5.97 Å². The average molecular weight is 175 g/mol. The number of nitrogens with two attached hydrogens (primary N) is 1. The quantitative estimate of drug-likeness (QED) is 0.513. The molecule has 0 saturated heterocycles. The van der Waals surface area contributed by atoms with Crippen molar-refractivity contribution in [1.82, 2.24) is 0 Å². The summed E-state index contributed by atoms with van der Waals surface area (Å²) in [5, 5.41) is 0. The van der Waals surface area contributed by atoms with Crippen molar-refractivity contribution >= 4 is 5.97 Å². The molecule has 0 saturated carbocycles. The van der Waals surface area contributed by atoms with Crippen molar-refractivity contribution in [2.75, 3.05) is 0 Å². The van der Waals surface area contributed by atoms with Crippen LogP contribution in [0.15, 0.2) is 0 Å². The Morgan fingerprint density at radius 2 is 2.00 bits per heavy atom. The summed E-state index contributed by atoms with van der Waals surface area (Å²) in [6.07, 6.45) is -0.130. The largest absolute Gasteiger partial charge is 0.458 e. The van der Waals surface area contributed by atoms with Crippen molar-refractivity contribution in [3.05, 3.63) is 0 Å². The summed E-state index contributed by atoms with van der Waals surface area (Å²) in [6.45, 7) is 7.21. The predicted molar refractivity (Wildman–Crippen MR) is 45.2 cm³/mol. The van der Waals surface area contributed by atoms with Gasteiger partial charge in [-0.05, 0) is 27.2 Å². The third-order valence-corrected chi connectivity index (χ3v) is 1.20. The Hall–Kier alpha value is -0.610. The number of hydrogen-bond donors (Lipinski definition) is 1. The topological polar surface area (TPSA) is 61.5 Å². The molecular weight excluding hydrogens is 158 g/mol. The highest BCUT2D eigenvalue weighted by molar-refractivity contribution is 5.74. The summed E-state index contributed by atoms with van der Waals surface area (Å²) in [6, 6.07) is 0.